The molecule has 1 aromatic carbocycles. The molecule has 2 aliphatic rings. The van der Waals surface area contributed by atoms with Gasteiger partial charge in [0.2, 0.25) is 0 Å². The van der Waals surface area contributed by atoms with Crippen molar-refractivity contribution in [2.45, 2.75) is 52.0 Å². The summed E-state index contributed by atoms with van der Waals surface area (Å²) in [6.07, 6.45) is 6.87. The standard InChI is InChI=1S/C19H28N2O/c1-15-12-16(2)14-17(13-15)19(22)21-10-8-20(9-11-21)18-6-4-3-5-7-18/h12-14,18H,3-11H2,1-2H3. The Morgan fingerprint density at radius 3 is 2.09 bits per heavy atom. The first-order chi connectivity index (χ1) is 10.6. The highest BCUT2D eigenvalue weighted by atomic mass is 16.2. The zero-order valence-corrected chi connectivity index (χ0v) is 14.0. The van der Waals surface area contributed by atoms with E-state index in [1.165, 1.54) is 43.2 Å². The van der Waals surface area contributed by atoms with Crippen LogP contribution in [-0.4, -0.2) is 47.9 Å². The number of nitrogens with zero attached hydrogens (tertiary/aromatic N) is 2. The van der Waals surface area contributed by atoms with Gasteiger partial charge in [-0.3, -0.25) is 9.69 Å². The van der Waals surface area contributed by atoms with E-state index in [1.54, 1.807) is 0 Å². The van der Waals surface area contributed by atoms with Gasteiger partial charge in [-0.1, -0.05) is 36.5 Å². The summed E-state index contributed by atoms with van der Waals surface area (Å²) in [6, 6.07) is 6.93. The van der Waals surface area contributed by atoms with Crippen LogP contribution >= 0.6 is 0 Å². The van der Waals surface area contributed by atoms with E-state index < -0.39 is 0 Å². The van der Waals surface area contributed by atoms with Crippen molar-refractivity contribution in [1.29, 1.82) is 0 Å². The molecule has 1 aromatic rings. The molecule has 1 saturated carbocycles. The number of hydrogen-bond donors (Lipinski definition) is 0. The molecule has 0 unspecified atom stereocenters. The van der Waals surface area contributed by atoms with Crippen molar-refractivity contribution < 1.29 is 4.79 Å². The zero-order chi connectivity index (χ0) is 15.5. The fourth-order valence-corrected chi connectivity index (χ4v) is 4.02. The van der Waals surface area contributed by atoms with E-state index >= 15 is 0 Å². The quantitative estimate of drug-likeness (QED) is 0.836. The van der Waals surface area contributed by atoms with E-state index in [9.17, 15) is 4.79 Å². The Hall–Kier alpha value is -1.35. The molecule has 0 radical (unpaired) electrons. The summed E-state index contributed by atoms with van der Waals surface area (Å²) in [6.45, 7) is 7.96. The summed E-state index contributed by atoms with van der Waals surface area (Å²) in [5.74, 6) is 0.204. The van der Waals surface area contributed by atoms with Crippen molar-refractivity contribution in [3.05, 3.63) is 34.9 Å². The molecule has 3 rings (SSSR count). The number of aryl methyl sites for hydroxylation is 2. The lowest BCUT2D eigenvalue weighted by atomic mass is 9.94. The number of benzene rings is 1. The number of piperazine rings is 1. The predicted molar refractivity (Wildman–Crippen MR) is 90.3 cm³/mol. The summed E-state index contributed by atoms with van der Waals surface area (Å²) >= 11 is 0. The van der Waals surface area contributed by atoms with E-state index in [0.29, 0.717) is 0 Å². The highest BCUT2D eigenvalue weighted by molar-refractivity contribution is 5.94. The van der Waals surface area contributed by atoms with Gasteiger partial charge in [-0.25, -0.2) is 0 Å². The van der Waals surface area contributed by atoms with Crippen LogP contribution in [-0.2, 0) is 0 Å². The zero-order valence-electron chi connectivity index (χ0n) is 14.0. The third-order valence-electron chi connectivity index (χ3n) is 5.16. The van der Waals surface area contributed by atoms with E-state index in [-0.39, 0.29) is 5.91 Å². The summed E-state index contributed by atoms with van der Waals surface area (Å²) < 4.78 is 0. The number of rotatable bonds is 2. The normalized spacial score (nSPS) is 21.1. The first-order valence-electron chi connectivity index (χ1n) is 8.75. The molecule has 1 aliphatic carbocycles. The van der Waals surface area contributed by atoms with Crippen LogP contribution < -0.4 is 0 Å². The summed E-state index contributed by atoms with van der Waals surface area (Å²) in [5, 5.41) is 0. The Labute approximate surface area is 134 Å². The fraction of sp³-hybridized carbons (Fsp3) is 0.632. The predicted octanol–water partition coefficient (Wildman–Crippen LogP) is 3.39. The molecule has 2 fully saturated rings. The molecule has 3 nitrogen and oxygen atoms in total. The maximum Gasteiger partial charge on any atom is 0.253 e. The van der Waals surface area contributed by atoms with E-state index in [2.05, 4.69) is 24.8 Å². The van der Waals surface area contributed by atoms with E-state index in [4.69, 9.17) is 0 Å². The van der Waals surface area contributed by atoms with Crippen LogP contribution in [0.4, 0.5) is 0 Å². The topological polar surface area (TPSA) is 23.6 Å². The van der Waals surface area contributed by atoms with Gasteiger partial charge in [0.1, 0.15) is 0 Å². The Morgan fingerprint density at radius 2 is 1.50 bits per heavy atom. The molecular formula is C19H28N2O. The molecule has 120 valence electrons. The number of carbonyl (C=O) groups is 1. The van der Waals surface area contributed by atoms with Gasteiger partial charge in [0, 0.05) is 37.8 Å². The average molecular weight is 300 g/mol. The van der Waals surface area contributed by atoms with Crippen LogP contribution in [0.2, 0.25) is 0 Å². The summed E-state index contributed by atoms with van der Waals surface area (Å²) in [7, 11) is 0. The van der Waals surface area contributed by atoms with E-state index in [1.807, 2.05) is 17.0 Å². The molecule has 1 aliphatic heterocycles. The molecule has 0 atom stereocenters. The highest BCUT2D eigenvalue weighted by Crippen LogP contribution is 2.24. The van der Waals surface area contributed by atoms with Gasteiger partial charge in [0.05, 0.1) is 0 Å². The van der Waals surface area contributed by atoms with Crippen molar-refractivity contribution >= 4 is 5.91 Å². The lowest BCUT2D eigenvalue weighted by Crippen LogP contribution is -2.52. The largest absolute Gasteiger partial charge is 0.336 e. The average Bonchev–Trinajstić information content (AvgIpc) is 2.54. The van der Waals surface area contributed by atoms with Crippen molar-refractivity contribution in [2.75, 3.05) is 26.2 Å². The molecule has 1 heterocycles. The van der Waals surface area contributed by atoms with Gasteiger partial charge in [0.15, 0.2) is 0 Å². The molecular weight excluding hydrogens is 272 g/mol. The van der Waals surface area contributed by atoms with Gasteiger partial charge in [-0.2, -0.15) is 0 Å². The van der Waals surface area contributed by atoms with Crippen LogP contribution in [0.3, 0.4) is 0 Å². The van der Waals surface area contributed by atoms with Gasteiger partial charge in [-0.05, 0) is 38.8 Å². The van der Waals surface area contributed by atoms with Crippen molar-refractivity contribution in [3.63, 3.8) is 0 Å². The SMILES string of the molecule is Cc1cc(C)cc(C(=O)N2CCN(C3CCCCC3)CC2)c1. The van der Waals surface area contributed by atoms with Gasteiger partial charge in [-0.15, -0.1) is 0 Å². The maximum atomic E-state index is 12.7. The lowest BCUT2D eigenvalue weighted by Gasteiger charge is -2.40. The van der Waals surface area contributed by atoms with Crippen LogP contribution in [0.15, 0.2) is 18.2 Å². The molecule has 0 N–H and O–H groups in total. The number of carbonyl (C=O) groups excluding carboxylic acids is 1. The molecule has 0 bridgehead atoms. The first kappa shape index (κ1) is 15.5. The van der Waals surface area contributed by atoms with Crippen LogP contribution in [0.5, 0.6) is 0 Å². The highest BCUT2D eigenvalue weighted by Gasteiger charge is 2.27. The second-order valence-electron chi connectivity index (χ2n) is 7.00. The molecule has 1 amide bonds. The second-order valence-corrected chi connectivity index (χ2v) is 7.00. The third-order valence-corrected chi connectivity index (χ3v) is 5.16. The van der Waals surface area contributed by atoms with Gasteiger partial charge < -0.3 is 4.90 Å². The maximum absolute atomic E-state index is 12.7. The monoisotopic (exact) mass is 300 g/mol. The molecule has 3 heteroatoms. The minimum Gasteiger partial charge on any atom is -0.336 e. The molecule has 22 heavy (non-hydrogen) atoms. The second kappa shape index (κ2) is 6.82. The van der Waals surface area contributed by atoms with Crippen molar-refractivity contribution in [3.8, 4) is 0 Å². The summed E-state index contributed by atoms with van der Waals surface area (Å²) in [5.41, 5.74) is 3.19. The Bertz CT molecular complexity index is 506. The Kier molecular flexibility index (Phi) is 4.82. The fourth-order valence-electron chi connectivity index (χ4n) is 4.02. The van der Waals surface area contributed by atoms with Crippen molar-refractivity contribution in [1.82, 2.24) is 9.80 Å². The lowest BCUT2D eigenvalue weighted by molar-refractivity contribution is 0.0523. The van der Waals surface area contributed by atoms with Gasteiger partial charge in [0.25, 0.3) is 5.91 Å². The number of hydrogen-bond acceptors (Lipinski definition) is 2. The molecule has 0 spiro atoms. The molecule has 1 saturated heterocycles. The van der Waals surface area contributed by atoms with Crippen LogP contribution in [0.1, 0.15) is 53.6 Å². The van der Waals surface area contributed by atoms with Gasteiger partial charge >= 0.3 is 0 Å². The minimum atomic E-state index is 0.204. The Balaban J connectivity index is 1.59. The van der Waals surface area contributed by atoms with Crippen LogP contribution in [0.25, 0.3) is 0 Å². The Morgan fingerprint density at radius 1 is 0.909 bits per heavy atom. The molecule has 0 aromatic heterocycles. The number of amides is 1. The van der Waals surface area contributed by atoms with Crippen LogP contribution in [0, 0.1) is 13.8 Å². The smallest absolute Gasteiger partial charge is 0.253 e. The third kappa shape index (κ3) is 3.52. The van der Waals surface area contributed by atoms with E-state index in [0.717, 1.165) is 37.8 Å². The minimum absolute atomic E-state index is 0.204. The first-order valence-corrected chi connectivity index (χ1v) is 8.75. The summed E-state index contributed by atoms with van der Waals surface area (Å²) in [4.78, 5) is 17.3. The van der Waals surface area contributed by atoms with Crippen molar-refractivity contribution in [2.24, 2.45) is 0 Å².